The van der Waals surface area contributed by atoms with Gasteiger partial charge in [-0.05, 0) is 29.8 Å². The minimum atomic E-state index is -2.92. The topological polar surface area (TPSA) is 66.6 Å². The van der Waals surface area contributed by atoms with Crippen LogP contribution in [-0.2, 0) is 12.4 Å². The molecule has 0 amide bonds. The fraction of sp³-hybridized carbons (Fsp3) is 0.222. The molecule has 28 heavy (non-hydrogen) atoms. The second kappa shape index (κ2) is 9.61. The summed E-state index contributed by atoms with van der Waals surface area (Å²) in [6.07, 6.45) is 0. The van der Waals surface area contributed by atoms with Gasteiger partial charge in [0.25, 0.3) is 11.1 Å². The third-order valence-corrected chi connectivity index (χ3v) is 4.64. The van der Waals surface area contributed by atoms with Crippen molar-refractivity contribution in [2.45, 2.75) is 24.2 Å². The molecule has 2 aromatic carbocycles. The van der Waals surface area contributed by atoms with Gasteiger partial charge in [0.05, 0.1) is 12.1 Å². The Hall–Kier alpha value is -2.52. The van der Waals surface area contributed by atoms with Gasteiger partial charge in [0.1, 0.15) is 5.75 Å². The van der Waals surface area contributed by atoms with Gasteiger partial charge in [-0.2, -0.15) is 8.78 Å². The smallest absolute Gasteiger partial charge is 0.387 e. The van der Waals surface area contributed by atoms with Crippen LogP contribution in [0.1, 0.15) is 11.5 Å². The maximum absolute atomic E-state index is 12.4. The van der Waals surface area contributed by atoms with Crippen LogP contribution in [0.15, 0.2) is 52.1 Å². The Morgan fingerprint density at radius 3 is 2.68 bits per heavy atom. The van der Waals surface area contributed by atoms with Gasteiger partial charge in [0.2, 0.25) is 0 Å². The highest BCUT2D eigenvalue weighted by atomic mass is 35.5. The van der Waals surface area contributed by atoms with Crippen molar-refractivity contribution in [2.75, 3.05) is 7.11 Å². The Bertz CT molecular complexity index is 926. The molecule has 0 aliphatic rings. The lowest BCUT2D eigenvalue weighted by atomic mass is 10.2. The highest BCUT2D eigenvalue weighted by Crippen LogP contribution is 2.32. The van der Waals surface area contributed by atoms with Gasteiger partial charge in [-0.3, -0.25) is 0 Å². The number of alkyl halides is 2. The number of para-hydroxylation sites is 1. The fourth-order valence-electron chi connectivity index (χ4n) is 2.20. The van der Waals surface area contributed by atoms with Crippen LogP contribution < -0.4 is 14.2 Å². The van der Waals surface area contributed by atoms with Gasteiger partial charge >= 0.3 is 6.61 Å². The normalized spacial score (nSPS) is 10.9. The number of aromatic nitrogens is 2. The molecule has 0 aliphatic heterocycles. The molecule has 1 heterocycles. The molecule has 0 fully saturated rings. The van der Waals surface area contributed by atoms with Gasteiger partial charge in [0.15, 0.2) is 18.1 Å². The zero-order chi connectivity index (χ0) is 19.9. The summed E-state index contributed by atoms with van der Waals surface area (Å²) < 4.78 is 45.3. The van der Waals surface area contributed by atoms with Gasteiger partial charge in [-0.1, -0.05) is 41.6 Å². The molecule has 6 nitrogen and oxygen atoms in total. The summed E-state index contributed by atoms with van der Waals surface area (Å²) >= 11 is 7.31. The van der Waals surface area contributed by atoms with Crippen molar-refractivity contribution < 1.29 is 27.4 Å². The van der Waals surface area contributed by atoms with Crippen LogP contribution >= 0.6 is 23.4 Å². The van der Waals surface area contributed by atoms with E-state index in [2.05, 4.69) is 14.9 Å². The molecule has 10 heteroatoms. The number of thioether (sulfide) groups is 1. The van der Waals surface area contributed by atoms with Gasteiger partial charge in [-0.25, -0.2) is 0 Å². The minimum absolute atomic E-state index is 0.0250. The number of methoxy groups -OCH3 is 1. The molecule has 0 unspecified atom stereocenters. The van der Waals surface area contributed by atoms with Crippen LogP contribution in [0.2, 0.25) is 5.02 Å². The Labute approximate surface area is 168 Å². The molecule has 0 aliphatic carbocycles. The lowest BCUT2D eigenvalue weighted by molar-refractivity contribution is -0.0512. The first kappa shape index (κ1) is 20.2. The Balaban J connectivity index is 1.56. The largest absolute Gasteiger partial charge is 0.493 e. The predicted molar refractivity (Wildman–Crippen MR) is 99.3 cm³/mol. The summed E-state index contributed by atoms with van der Waals surface area (Å²) in [5.74, 6) is 1.49. The quantitative estimate of drug-likeness (QED) is 0.434. The van der Waals surface area contributed by atoms with Crippen LogP contribution in [0.4, 0.5) is 8.78 Å². The maximum atomic E-state index is 12.4. The Kier molecular flexibility index (Phi) is 6.94. The second-order valence-electron chi connectivity index (χ2n) is 5.33. The molecule has 0 radical (unpaired) electrons. The molecule has 0 saturated heterocycles. The number of rotatable bonds is 9. The van der Waals surface area contributed by atoms with E-state index in [4.69, 9.17) is 25.5 Å². The number of nitrogens with zero attached hydrogens (tertiary/aromatic N) is 2. The lowest BCUT2D eigenvalue weighted by Gasteiger charge is -2.10. The minimum Gasteiger partial charge on any atom is -0.493 e. The Morgan fingerprint density at radius 1 is 1.11 bits per heavy atom. The van der Waals surface area contributed by atoms with E-state index >= 15 is 0 Å². The number of benzene rings is 2. The van der Waals surface area contributed by atoms with Crippen molar-refractivity contribution in [2.24, 2.45) is 0 Å². The van der Waals surface area contributed by atoms with Crippen LogP contribution in [0.3, 0.4) is 0 Å². The molecule has 0 bridgehead atoms. The van der Waals surface area contributed by atoms with Crippen molar-refractivity contribution >= 4 is 23.4 Å². The lowest BCUT2D eigenvalue weighted by Crippen LogP contribution is -2.03. The van der Waals surface area contributed by atoms with Crippen molar-refractivity contribution in [3.05, 3.63) is 58.9 Å². The van der Waals surface area contributed by atoms with E-state index in [1.807, 2.05) is 6.07 Å². The van der Waals surface area contributed by atoms with E-state index in [9.17, 15) is 8.78 Å². The average Bonchev–Trinajstić information content (AvgIpc) is 3.14. The van der Waals surface area contributed by atoms with E-state index in [-0.39, 0.29) is 18.1 Å². The van der Waals surface area contributed by atoms with Crippen molar-refractivity contribution in [1.29, 1.82) is 0 Å². The molecule has 3 rings (SSSR count). The molecular formula is C18H15ClF2N2O4S. The number of ether oxygens (including phenoxy) is 3. The van der Waals surface area contributed by atoms with E-state index in [1.54, 1.807) is 30.3 Å². The van der Waals surface area contributed by atoms with Gasteiger partial charge < -0.3 is 18.6 Å². The number of hydrogen-bond acceptors (Lipinski definition) is 7. The molecule has 3 aromatic rings. The van der Waals surface area contributed by atoms with Crippen LogP contribution in [-0.4, -0.2) is 23.9 Å². The number of halogens is 3. The highest BCUT2D eigenvalue weighted by molar-refractivity contribution is 7.98. The van der Waals surface area contributed by atoms with Crippen molar-refractivity contribution in [3.8, 4) is 17.2 Å². The third kappa shape index (κ3) is 5.49. The molecular weight excluding hydrogens is 414 g/mol. The summed E-state index contributed by atoms with van der Waals surface area (Å²) in [4.78, 5) is 0. The summed E-state index contributed by atoms with van der Waals surface area (Å²) in [7, 11) is 1.38. The average molecular weight is 429 g/mol. The Morgan fingerprint density at radius 2 is 1.93 bits per heavy atom. The first-order chi connectivity index (χ1) is 13.5. The van der Waals surface area contributed by atoms with Crippen LogP contribution in [0.5, 0.6) is 17.2 Å². The molecule has 148 valence electrons. The van der Waals surface area contributed by atoms with E-state index in [1.165, 1.54) is 24.9 Å². The summed E-state index contributed by atoms with van der Waals surface area (Å²) in [5, 5.41) is 8.71. The zero-order valence-electron chi connectivity index (χ0n) is 14.6. The molecule has 0 saturated carbocycles. The molecule has 1 aromatic heterocycles. The SMILES string of the molecule is COc1cc(CSc2nnc(COc3ccccc3Cl)o2)ccc1OC(F)F. The summed E-state index contributed by atoms with van der Waals surface area (Å²) in [6, 6.07) is 11.8. The van der Waals surface area contributed by atoms with E-state index in [0.29, 0.717) is 27.6 Å². The van der Waals surface area contributed by atoms with Crippen molar-refractivity contribution in [3.63, 3.8) is 0 Å². The standard InChI is InChI=1S/C18H15ClF2N2O4S/c1-24-15-8-11(6-7-14(15)26-17(20)21)10-28-18-23-22-16(27-18)9-25-13-5-3-2-4-12(13)19/h2-8,17H,9-10H2,1H3. The molecule has 0 atom stereocenters. The second-order valence-corrected chi connectivity index (χ2v) is 6.67. The van der Waals surface area contributed by atoms with Crippen LogP contribution in [0.25, 0.3) is 0 Å². The first-order valence-electron chi connectivity index (χ1n) is 7.99. The zero-order valence-corrected chi connectivity index (χ0v) is 16.2. The van der Waals surface area contributed by atoms with E-state index in [0.717, 1.165) is 5.56 Å². The maximum Gasteiger partial charge on any atom is 0.387 e. The summed E-state index contributed by atoms with van der Waals surface area (Å²) in [5.41, 5.74) is 0.815. The molecule has 0 N–H and O–H groups in total. The van der Waals surface area contributed by atoms with E-state index < -0.39 is 6.61 Å². The number of hydrogen-bond donors (Lipinski definition) is 0. The van der Waals surface area contributed by atoms with Gasteiger partial charge in [0, 0.05) is 5.75 Å². The predicted octanol–water partition coefficient (Wildman–Crippen LogP) is 5.20. The highest BCUT2D eigenvalue weighted by Gasteiger charge is 2.13. The monoisotopic (exact) mass is 428 g/mol. The third-order valence-electron chi connectivity index (χ3n) is 3.44. The summed E-state index contributed by atoms with van der Waals surface area (Å²) in [6.45, 7) is -2.83. The van der Waals surface area contributed by atoms with Gasteiger partial charge in [-0.15, -0.1) is 10.2 Å². The fourth-order valence-corrected chi connectivity index (χ4v) is 3.11. The van der Waals surface area contributed by atoms with Crippen LogP contribution in [0, 0.1) is 0 Å². The first-order valence-corrected chi connectivity index (χ1v) is 9.35. The van der Waals surface area contributed by atoms with Crippen molar-refractivity contribution in [1.82, 2.24) is 10.2 Å². The molecule has 0 spiro atoms.